The first-order valence-corrected chi connectivity index (χ1v) is 4.12. The molecule has 0 aliphatic heterocycles. The lowest BCUT2D eigenvalue weighted by Crippen LogP contribution is -2.36. The van der Waals surface area contributed by atoms with Gasteiger partial charge in [0.15, 0.2) is 0 Å². The zero-order chi connectivity index (χ0) is 8.69. The van der Waals surface area contributed by atoms with E-state index in [4.69, 9.17) is 11.0 Å². The van der Waals surface area contributed by atoms with Gasteiger partial charge in [-0.05, 0) is 19.5 Å². The number of nitriles is 1. The first-order chi connectivity index (χ1) is 5.24. The van der Waals surface area contributed by atoms with Crippen LogP contribution in [0.1, 0.15) is 20.3 Å². The number of likely N-dealkylation sites (N-methyl/N-ethyl adjacent to an activating group) is 1. The highest BCUT2D eigenvalue weighted by Gasteiger charge is 2.05. The third-order valence-electron chi connectivity index (χ3n) is 1.61. The molecule has 0 rings (SSSR count). The van der Waals surface area contributed by atoms with Crippen LogP contribution >= 0.6 is 0 Å². The van der Waals surface area contributed by atoms with E-state index in [1.807, 2.05) is 6.07 Å². The molecule has 0 radical (unpaired) electrons. The fourth-order valence-corrected chi connectivity index (χ4v) is 1.01. The maximum absolute atomic E-state index is 8.45. The van der Waals surface area contributed by atoms with Gasteiger partial charge in [-0.1, -0.05) is 13.8 Å². The van der Waals surface area contributed by atoms with Crippen molar-refractivity contribution in [3.8, 4) is 6.07 Å². The lowest BCUT2D eigenvalue weighted by Gasteiger charge is -2.19. The summed E-state index contributed by atoms with van der Waals surface area (Å²) in [5.74, 6) is 0. The minimum Gasteiger partial charge on any atom is -0.315 e. The van der Waals surface area contributed by atoms with Gasteiger partial charge in [-0.3, -0.25) is 0 Å². The van der Waals surface area contributed by atoms with Crippen molar-refractivity contribution in [1.82, 2.24) is 4.90 Å². The van der Waals surface area contributed by atoms with Gasteiger partial charge in [-0.15, -0.1) is 0 Å². The van der Waals surface area contributed by atoms with Crippen molar-refractivity contribution in [2.24, 2.45) is 5.73 Å². The average molecular weight is 155 g/mol. The molecule has 0 saturated carbocycles. The van der Waals surface area contributed by atoms with E-state index in [-0.39, 0.29) is 6.04 Å². The van der Waals surface area contributed by atoms with E-state index >= 15 is 0 Å². The van der Waals surface area contributed by atoms with Crippen LogP contribution in [0.3, 0.4) is 0 Å². The maximum Gasteiger partial charge on any atom is 0.106 e. The molecule has 0 aromatic heterocycles. The van der Waals surface area contributed by atoms with Crippen LogP contribution in [-0.4, -0.2) is 30.6 Å². The molecule has 0 bridgehead atoms. The molecule has 11 heavy (non-hydrogen) atoms. The molecular formula is C8H17N3. The second kappa shape index (κ2) is 6.14. The Bertz CT molecular complexity index is 128. The largest absolute Gasteiger partial charge is 0.315 e. The molecule has 1 atom stereocenters. The van der Waals surface area contributed by atoms with Gasteiger partial charge in [0.1, 0.15) is 6.04 Å². The van der Waals surface area contributed by atoms with E-state index in [1.54, 1.807) is 0 Å². The van der Waals surface area contributed by atoms with Crippen LogP contribution in [0.2, 0.25) is 0 Å². The SMILES string of the molecule is CCCN(CC)CC(N)C#N. The molecule has 1 unspecified atom stereocenters. The Morgan fingerprint density at radius 2 is 2.18 bits per heavy atom. The molecule has 3 heteroatoms. The molecule has 0 spiro atoms. The Balaban J connectivity index is 3.60. The van der Waals surface area contributed by atoms with E-state index in [1.165, 1.54) is 0 Å². The first kappa shape index (κ1) is 10.4. The highest BCUT2D eigenvalue weighted by Crippen LogP contribution is 1.91. The van der Waals surface area contributed by atoms with E-state index in [0.717, 1.165) is 19.5 Å². The van der Waals surface area contributed by atoms with Crippen LogP contribution in [0.4, 0.5) is 0 Å². The van der Waals surface area contributed by atoms with Gasteiger partial charge >= 0.3 is 0 Å². The molecule has 0 heterocycles. The zero-order valence-electron chi connectivity index (χ0n) is 7.38. The summed E-state index contributed by atoms with van der Waals surface area (Å²) in [5.41, 5.74) is 5.48. The quantitative estimate of drug-likeness (QED) is 0.631. The molecule has 0 fully saturated rings. The van der Waals surface area contributed by atoms with Crippen LogP contribution in [0.5, 0.6) is 0 Å². The fraction of sp³-hybridized carbons (Fsp3) is 0.875. The van der Waals surface area contributed by atoms with Crippen molar-refractivity contribution in [3.05, 3.63) is 0 Å². The molecule has 64 valence electrons. The summed E-state index contributed by atoms with van der Waals surface area (Å²) in [6.07, 6.45) is 1.12. The van der Waals surface area contributed by atoms with Crippen molar-refractivity contribution in [2.45, 2.75) is 26.3 Å². The van der Waals surface area contributed by atoms with Crippen LogP contribution in [0, 0.1) is 11.3 Å². The third kappa shape index (κ3) is 4.77. The molecular weight excluding hydrogens is 138 g/mol. The fourth-order valence-electron chi connectivity index (χ4n) is 1.01. The Hall–Kier alpha value is -0.590. The van der Waals surface area contributed by atoms with Crippen molar-refractivity contribution < 1.29 is 0 Å². The van der Waals surface area contributed by atoms with Gasteiger partial charge < -0.3 is 10.6 Å². The molecule has 0 aromatic rings. The van der Waals surface area contributed by atoms with Gasteiger partial charge in [0, 0.05) is 6.54 Å². The number of nitrogens with zero attached hydrogens (tertiary/aromatic N) is 2. The van der Waals surface area contributed by atoms with Crippen molar-refractivity contribution in [1.29, 1.82) is 5.26 Å². The zero-order valence-corrected chi connectivity index (χ0v) is 7.38. The van der Waals surface area contributed by atoms with Crippen molar-refractivity contribution >= 4 is 0 Å². The monoisotopic (exact) mass is 155 g/mol. The summed E-state index contributed by atoms with van der Waals surface area (Å²) in [4.78, 5) is 2.19. The molecule has 0 amide bonds. The predicted octanol–water partition coefficient (Wildman–Crippen LogP) is 0.569. The minimum absolute atomic E-state index is 0.332. The van der Waals surface area contributed by atoms with Crippen LogP contribution in [0.15, 0.2) is 0 Å². The van der Waals surface area contributed by atoms with Crippen LogP contribution in [-0.2, 0) is 0 Å². The average Bonchev–Trinajstić information content (AvgIpc) is 2.03. The van der Waals surface area contributed by atoms with E-state index in [2.05, 4.69) is 18.7 Å². The topological polar surface area (TPSA) is 53.0 Å². The Kier molecular flexibility index (Phi) is 5.81. The highest BCUT2D eigenvalue weighted by atomic mass is 15.1. The first-order valence-electron chi connectivity index (χ1n) is 4.12. The maximum atomic E-state index is 8.45. The Morgan fingerprint density at radius 3 is 2.55 bits per heavy atom. The van der Waals surface area contributed by atoms with E-state index in [9.17, 15) is 0 Å². The summed E-state index contributed by atoms with van der Waals surface area (Å²) >= 11 is 0. The van der Waals surface area contributed by atoms with Gasteiger partial charge in [0.2, 0.25) is 0 Å². The normalized spacial score (nSPS) is 13.0. The lowest BCUT2D eigenvalue weighted by molar-refractivity contribution is 0.284. The summed E-state index contributed by atoms with van der Waals surface area (Å²) in [6.45, 7) is 6.91. The minimum atomic E-state index is -0.332. The number of hydrogen-bond acceptors (Lipinski definition) is 3. The van der Waals surface area contributed by atoms with Crippen molar-refractivity contribution in [3.63, 3.8) is 0 Å². The summed E-state index contributed by atoms with van der Waals surface area (Å²) < 4.78 is 0. The van der Waals surface area contributed by atoms with E-state index in [0.29, 0.717) is 6.54 Å². The predicted molar refractivity (Wildman–Crippen MR) is 46.0 cm³/mol. The summed E-state index contributed by atoms with van der Waals surface area (Å²) in [6, 6.07) is 1.69. The standard InChI is InChI=1S/C8H17N3/c1-3-5-11(4-2)7-8(10)6-9/h8H,3-5,7,10H2,1-2H3. The summed E-state index contributed by atoms with van der Waals surface area (Å²) in [5, 5.41) is 8.45. The van der Waals surface area contributed by atoms with E-state index < -0.39 is 0 Å². The Labute approximate surface area is 68.8 Å². The third-order valence-corrected chi connectivity index (χ3v) is 1.61. The van der Waals surface area contributed by atoms with Gasteiger partial charge in [-0.2, -0.15) is 5.26 Å². The molecule has 0 aliphatic carbocycles. The lowest BCUT2D eigenvalue weighted by atomic mass is 10.3. The summed E-state index contributed by atoms with van der Waals surface area (Å²) in [7, 11) is 0. The molecule has 2 N–H and O–H groups in total. The van der Waals surface area contributed by atoms with Gasteiger partial charge in [-0.25, -0.2) is 0 Å². The second-order valence-electron chi connectivity index (χ2n) is 2.63. The second-order valence-corrected chi connectivity index (χ2v) is 2.63. The van der Waals surface area contributed by atoms with Gasteiger partial charge in [0.25, 0.3) is 0 Å². The van der Waals surface area contributed by atoms with Crippen LogP contribution < -0.4 is 5.73 Å². The highest BCUT2D eigenvalue weighted by molar-refractivity contribution is 4.88. The van der Waals surface area contributed by atoms with Gasteiger partial charge in [0.05, 0.1) is 6.07 Å². The smallest absolute Gasteiger partial charge is 0.106 e. The molecule has 3 nitrogen and oxygen atoms in total. The van der Waals surface area contributed by atoms with Crippen molar-refractivity contribution in [2.75, 3.05) is 19.6 Å². The number of nitrogens with two attached hydrogens (primary N) is 1. The molecule has 0 aromatic carbocycles. The number of hydrogen-bond donors (Lipinski definition) is 1. The molecule has 0 saturated heterocycles. The Morgan fingerprint density at radius 1 is 1.55 bits per heavy atom. The number of rotatable bonds is 5. The molecule has 0 aliphatic rings. The van der Waals surface area contributed by atoms with Crippen LogP contribution in [0.25, 0.3) is 0 Å².